The molecule has 1 aliphatic heterocycles. The summed E-state index contributed by atoms with van der Waals surface area (Å²) < 4.78 is 5.60. The summed E-state index contributed by atoms with van der Waals surface area (Å²) in [4.78, 5) is 0. The standard InChI is InChI=1S/C14H26O/c1-2-3-4-5-12-6-8-13(9-7-12)14-10-11-15-14/h12-14H,2-11H2,1H3. The first-order valence-corrected chi connectivity index (χ1v) is 7.01. The molecule has 0 aromatic heterocycles. The lowest BCUT2D eigenvalue weighted by Crippen LogP contribution is -2.36. The molecule has 0 N–H and O–H groups in total. The van der Waals surface area contributed by atoms with Gasteiger partial charge < -0.3 is 4.74 Å². The van der Waals surface area contributed by atoms with E-state index in [1.54, 1.807) is 0 Å². The van der Waals surface area contributed by atoms with Crippen molar-refractivity contribution in [3.63, 3.8) is 0 Å². The van der Waals surface area contributed by atoms with Crippen molar-refractivity contribution in [2.45, 2.75) is 70.8 Å². The fourth-order valence-electron chi connectivity index (χ4n) is 3.16. The first-order chi connectivity index (χ1) is 7.40. The van der Waals surface area contributed by atoms with Crippen molar-refractivity contribution in [2.24, 2.45) is 11.8 Å². The minimum Gasteiger partial charge on any atom is -0.378 e. The van der Waals surface area contributed by atoms with Gasteiger partial charge in [0.1, 0.15) is 0 Å². The molecule has 0 amide bonds. The molecule has 1 aliphatic carbocycles. The third-order valence-corrected chi connectivity index (χ3v) is 4.37. The first-order valence-electron chi connectivity index (χ1n) is 7.01. The average molecular weight is 210 g/mol. The van der Waals surface area contributed by atoms with Crippen LogP contribution in [0, 0.1) is 11.8 Å². The molecule has 1 heterocycles. The lowest BCUT2D eigenvalue weighted by atomic mass is 9.76. The third kappa shape index (κ3) is 3.21. The van der Waals surface area contributed by atoms with Gasteiger partial charge in [-0.05, 0) is 31.1 Å². The largest absolute Gasteiger partial charge is 0.378 e. The molecule has 2 rings (SSSR count). The third-order valence-electron chi connectivity index (χ3n) is 4.37. The molecule has 1 atom stereocenters. The maximum atomic E-state index is 5.60. The molecule has 0 radical (unpaired) electrons. The Bertz CT molecular complexity index is 166. The number of hydrogen-bond donors (Lipinski definition) is 0. The fourth-order valence-corrected chi connectivity index (χ4v) is 3.16. The summed E-state index contributed by atoms with van der Waals surface area (Å²) in [5.74, 6) is 1.97. The Morgan fingerprint density at radius 2 is 1.73 bits per heavy atom. The van der Waals surface area contributed by atoms with Crippen molar-refractivity contribution in [1.29, 1.82) is 0 Å². The molecule has 15 heavy (non-hydrogen) atoms. The van der Waals surface area contributed by atoms with Gasteiger partial charge in [-0.1, -0.05) is 45.4 Å². The normalized spacial score (nSPS) is 36.2. The first kappa shape index (κ1) is 11.4. The van der Waals surface area contributed by atoms with E-state index in [1.807, 2.05) is 0 Å². The summed E-state index contributed by atoms with van der Waals surface area (Å²) in [5, 5.41) is 0. The molecule has 88 valence electrons. The van der Waals surface area contributed by atoms with Gasteiger partial charge in [0.25, 0.3) is 0 Å². The van der Waals surface area contributed by atoms with E-state index in [9.17, 15) is 0 Å². The molecular formula is C14H26O. The van der Waals surface area contributed by atoms with Crippen LogP contribution >= 0.6 is 0 Å². The average Bonchev–Trinajstić information content (AvgIpc) is 2.18. The molecule has 1 unspecified atom stereocenters. The van der Waals surface area contributed by atoms with Crippen LogP contribution < -0.4 is 0 Å². The molecule has 0 aromatic carbocycles. The summed E-state index contributed by atoms with van der Waals surface area (Å²) in [6, 6.07) is 0. The van der Waals surface area contributed by atoms with Gasteiger partial charge in [-0.2, -0.15) is 0 Å². The zero-order chi connectivity index (χ0) is 10.5. The van der Waals surface area contributed by atoms with Gasteiger partial charge >= 0.3 is 0 Å². The SMILES string of the molecule is CCCCCC1CCC(C2CCO2)CC1. The number of hydrogen-bond acceptors (Lipinski definition) is 1. The highest BCUT2D eigenvalue weighted by Gasteiger charge is 2.31. The molecule has 0 spiro atoms. The molecule has 2 fully saturated rings. The van der Waals surface area contributed by atoms with Gasteiger partial charge in [0.2, 0.25) is 0 Å². The summed E-state index contributed by atoms with van der Waals surface area (Å²) >= 11 is 0. The molecule has 0 aromatic rings. The topological polar surface area (TPSA) is 9.23 Å². The molecule has 0 bridgehead atoms. The Kier molecular flexibility index (Phi) is 4.49. The zero-order valence-corrected chi connectivity index (χ0v) is 10.2. The highest BCUT2D eigenvalue weighted by molar-refractivity contribution is 4.81. The molecule has 1 heteroatoms. The Labute approximate surface area is 94.6 Å². The highest BCUT2D eigenvalue weighted by Crippen LogP contribution is 2.37. The van der Waals surface area contributed by atoms with Crippen LogP contribution in [0.2, 0.25) is 0 Å². The van der Waals surface area contributed by atoms with Crippen LogP contribution in [0.4, 0.5) is 0 Å². The Morgan fingerprint density at radius 1 is 1.00 bits per heavy atom. The van der Waals surface area contributed by atoms with Gasteiger partial charge in [-0.25, -0.2) is 0 Å². The van der Waals surface area contributed by atoms with Crippen molar-refractivity contribution in [1.82, 2.24) is 0 Å². The smallest absolute Gasteiger partial charge is 0.0625 e. The molecular weight excluding hydrogens is 184 g/mol. The second kappa shape index (κ2) is 5.89. The Balaban J connectivity index is 1.59. The second-order valence-corrected chi connectivity index (χ2v) is 5.47. The van der Waals surface area contributed by atoms with Crippen molar-refractivity contribution in [3.05, 3.63) is 0 Å². The minimum atomic E-state index is 0.654. The van der Waals surface area contributed by atoms with Crippen LogP contribution in [0.5, 0.6) is 0 Å². The van der Waals surface area contributed by atoms with Crippen LogP contribution in [0.3, 0.4) is 0 Å². The van der Waals surface area contributed by atoms with Crippen LogP contribution in [-0.2, 0) is 4.74 Å². The maximum absolute atomic E-state index is 5.60. The van der Waals surface area contributed by atoms with Crippen LogP contribution in [0.1, 0.15) is 64.7 Å². The van der Waals surface area contributed by atoms with E-state index in [2.05, 4.69) is 6.92 Å². The number of ether oxygens (including phenoxy) is 1. The van der Waals surface area contributed by atoms with Gasteiger partial charge in [-0.3, -0.25) is 0 Å². The van der Waals surface area contributed by atoms with Crippen molar-refractivity contribution < 1.29 is 4.74 Å². The number of rotatable bonds is 5. The van der Waals surface area contributed by atoms with Crippen LogP contribution in [0.15, 0.2) is 0 Å². The van der Waals surface area contributed by atoms with Crippen LogP contribution in [0.25, 0.3) is 0 Å². The van der Waals surface area contributed by atoms with E-state index in [0.29, 0.717) is 6.10 Å². The molecule has 1 saturated carbocycles. The summed E-state index contributed by atoms with van der Waals surface area (Å²) in [6.45, 7) is 3.33. The Hall–Kier alpha value is -0.0400. The summed E-state index contributed by atoms with van der Waals surface area (Å²) in [5.41, 5.74) is 0. The van der Waals surface area contributed by atoms with Crippen LogP contribution in [-0.4, -0.2) is 12.7 Å². The van der Waals surface area contributed by atoms with Gasteiger partial charge in [0, 0.05) is 6.61 Å². The second-order valence-electron chi connectivity index (χ2n) is 5.47. The summed E-state index contributed by atoms with van der Waals surface area (Å²) in [7, 11) is 0. The monoisotopic (exact) mass is 210 g/mol. The van der Waals surface area contributed by atoms with Crippen molar-refractivity contribution >= 4 is 0 Å². The van der Waals surface area contributed by atoms with Gasteiger partial charge in [0.15, 0.2) is 0 Å². The Morgan fingerprint density at radius 3 is 2.27 bits per heavy atom. The number of unbranched alkanes of at least 4 members (excludes halogenated alkanes) is 2. The van der Waals surface area contributed by atoms with E-state index in [1.165, 1.54) is 57.8 Å². The van der Waals surface area contributed by atoms with E-state index < -0.39 is 0 Å². The maximum Gasteiger partial charge on any atom is 0.0625 e. The van der Waals surface area contributed by atoms with Crippen molar-refractivity contribution in [2.75, 3.05) is 6.61 Å². The zero-order valence-electron chi connectivity index (χ0n) is 10.2. The van der Waals surface area contributed by atoms with E-state index >= 15 is 0 Å². The summed E-state index contributed by atoms with van der Waals surface area (Å²) in [6.07, 6.45) is 13.6. The van der Waals surface area contributed by atoms with E-state index in [0.717, 1.165) is 18.4 Å². The molecule has 2 aliphatic rings. The minimum absolute atomic E-state index is 0.654. The van der Waals surface area contributed by atoms with Crippen molar-refractivity contribution in [3.8, 4) is 0 Å². The molecule has 1 saturated heterocycles. The quantitative estimate of drug-likeness (QED) is 0.619. The van der Waals surface area contributed by atoms with E-state index in [4.69, 9.17) is 4.74 Å². The lowest BCUT2D eigenvalue weighted by molar-refractivity contribution is -0.0948. The highest BCUT2D eigenvalue weighted by atomic mass is 16.5. The fraction of sp³-hybridized carbons (Fsp3) is 1.00. The van der Waals surface area contributed by atoms with Gasteiger partial charge in [0.05, 0.1) is 6.10 Å². The van der Waals surface area contributed by atoms with Gasteiger partial charge in [-0.15, -0.1) is 0 Å². The lowest BCUT2D eigenvalue weighted by Gasteiger charge is -2.38. The molecule has 1 nitrogen and oxygen atoms in total. The predicted molar refractivity (Wildman–Crippen MR) is 63.9 cm³/mol. The van der Waals surface area contributed by atoms with E-state index in [-0.39, 0.29) is 0 Å². The predicted octanol–water partition coefficient (Wildman–Crippen LogP) is 4.16.